The van der Waals surface area contributed by atoms with Gasteiger partial charge in [-0.05, 0) is 19.4 Å². The Labute approximate surface area is 181 Å². The van der Waals surface area contributed by atoms with Crippen LogP contribution in [0.2, 0.25) is 0 Å². The lowest BCUT2D eigenvalue weighted by molar-refractivity contribution is -0.135. The summed E-state index contributed by atoms with van der Waals surface area (Å²) in [6.07, 6.45) is 27.1. The lowest BCUT2D eigenvalue weighted by Gasteiger charge is -2.03. The van der Waals surface area contributed by atoms with Crippen LogP contribution in [0.1, 0.15) is 124 Å². The molecule has 0 rings (SSSR count). The second-order valence-electron chi connectivity index (χ2n) is 7.52. The molecule has 0 atom stereocenters. The maximum atomic E-state index is 10.0. The van der Waals surface area contributed by atoms with E-state index in [9.17, 15) is 4.79 Å². The maximum Gasteiger partial charge on any atom is 0.308 e. The van der Waals surface area contributed by atoms with Gasteiger partial charge in [0.15, 0.2) is 0 Å². The van der Waals surface area contributed by atoms with E-state index in [4.69, 9.17) is 4.74 Å². The highest BCUT2D eigenvalue weighted by Gasteiger charge is 1.94. The van der Waals surface area contributed by atoms with Gasteiger partial charge in [-0.15, -0.1) is 0 Å². The number of rotatable bonds is 19. The average molecular weight is 409 g/mol. The summed E-state index contributed by atoms with van der Waals surface area (Å²) < 4.78 is 9.49. The molecule has 0 aliphatic rings. The molecule has 0 saturated carbocycles. The number of carbonyl (C=O) groups is 1. The second-order valence-corrected chi connectivity index (χ2v) is 7.52. The third-order valence-electron chi connectivity index (χ3n) is 4.69. The summed E-state index contributed by atoms with van der Waals surface area (Å²) in [5.74, 6) is -0.320. The average Bonchev–Trinajstić information content (AvgIpc) is 2.71. The number of hydrogen-bond donors (Lipinski definition) is 0. The SMILES string of the molecule is C=COCCCCCCCCCCCCCCCCCC.CC=C=COC(C)=O. The standard InChI is InChI=1S/C20H40O.C6H8O2/c1-3-5-6-7-8-9-10-11-12-13-14-15-16-17-18-19-20-21-4-2;1-3-4-5-8-6(2)7/h4H,2-3,5-20H2,1H3;3,5H,1-2H3. The van der Waals surface area contributed by atoms with Gasteiger partial charge in [-0.1, -0.05) is 116 Å². The van der Waals surface area contributed by atoms with Crippen LogP contribution in [-0.4, -0.2) is 12.6 Å². The van der Waals surface area contributed by atoms with E-state index in [0.717, 1.165) is 6.61 Å². The third kappa shape index (κ3) is 34.4. The zero-order valence-electron chi connectivity index (χ0n) is 19.7. The Bertz CT molecular complexity index is 395. The van der Waals surface area contributed by atoms with Crippen LogP contribution < -0.4 is 0 Å². The number of carbonyl (C=O) groups excluding carboxylic acids is 1. The molecule has 0 heterocycles. The fraction of sp³-hybridized carbons (Fsp3) is 0.769. The lowest BCUT2D eigenvalue weighted by atomic mass is 10.0. The number of ether oxygens (including phenoxy) is 2. The van der Waals surface area contributed by atoms with Gasteiger partial charge in [0.05, 0.1) is 12.9 Å². The predicted molar refractivity (Wildman–Crippen MR) is 126 cm³/mol. The Kier molecular flexibility index (Phi) is 29.5. The molecule has 0 fully saturated rings. The van der Waals surface area contributed by atoms with Crippen LogP contribution in [0.3, 0.4) is 0 Å². The van der Waals surface area contributed by atoms with Crippen molar-refractivity contribution in [3.05, 3.63) is 30.9 Å². The van der Waals surface area contributed by atoms with Crippen LogP contribution in [0.5, 0.6) is 0 Å². The van der Waals surface area contributed by atoms with Crippen molar-refractivity contribution in [2.75, 3.05) is 6.61 Å². The summed E-state index contributed by atoms with van der Waals surface area (Å²) in [7, 11) is 0. The van der Waals surface area contributed by atoms with Crippen molar-refractivity contribution in [2.45, 2.75) is 124 Å². The summed E-state index contributed by atoms with van der Waals surface area (Å²) in [5.41, 5.74) is 2.59. The van der Waals surface area contributed by atoms with Crippen LogP contribution in [0.4, 0.5) is 0 Å². The molecular formula is C26H48O3. The highest BCUT2D eigenvalue weighted by atomic mass is 16.5. The first-order valence-electron chi connectivity index (χ1n) is 11.9. The smallest absolute Gasteiger partial charge is 0.308 e. The van der Waals surface area contributed by atoms with E-state index in [1.807, 2.05) is 0 Å². The predicted octanol–water partition coefficient (Wildman–Crippen LogP) is 8.65. The Hall–Kier alpha value is -1.47. The van der Waals surface area contributed by atoms with E-state index in [0.29, 0.717) is 0 Å². The van der Waals surface area contributed by atoms with Crippen molar-refractivity contribution in [2.24, 2.45) is 0 Å². The number of hydrogen-bond acceptors (Lipinski definition) is 3. The summed E-state index contributed by atoms with van der Waals surface area (Å²) >= 11 is 0. The molecule has 0 radical (unpaired) electrons. The molecular weight excluding hydrogens is 360 g/mol. The van der Waals surface area contributed by atoms with Crippen LogP contribution in [0, 0.1) is 0 Å². The Morgan fingerprint density at radius 3 is 1.55 bits per heavy atom. The van der Waals surface area contributed by atoms with Crippen molar-refractivity contribution >= 4 is 5.97 Å². The first-order chi connectivity index (χ1) is 14.2. The van der Waals surface area contributed by atoms with Crippen molar-refractivity contribution in [3.8, 4) is 0 Å². The molecule has 0 amide bonds. The van der Waals surface area contributed by atoms with E-state index in [1.165, 1.54) is 116 Å². The summed E-state index contributed by atoms with van der Waals surface area (Å²) in [6.45, 7) is 9.82. The lowest BCUT2D eigenvalue weighted by Crippen LogP contribution is -1.87. The maximum absolute atomic E-state index is 10.0. The first-order valence-corrected chi connectivity index (χ1v) is 11.9. The highest BCUT2D eigenvalue weighted by Crippen LogP contribution is 2.13. The highest BCUT2D eigenvalue weighted by molar-refractivity contribution is 5.66. The molecule has 0 saturated heterocycles. The zero-order valence-corrected chi connectivity index (χ0v) is 19.7. The van der Waals surface area contributed by atoms with Gasteiger partial charge >= 0.3 is 5.97 Å². The minimum absolute atomic E-state index is 0.320. The molecule has 0 aliphatic heterocycles. The fourth-order valence-corrected chi connectivity index (χ4v) is 3.00. The van der Waals surface area contributed by atoms with Gasteiger partial charge in [-0.25, -0.2) is 0 Å². The molecule has 0 aliphatic carbocycles. The van der Waals surface area contributed by atoms with E-state index in [1.54, 1.807) is 19.3 Å². The van der Waals surface area contributed by atoms with Gasteiger partial charge in [0.2, 0.25) is 0 Å². The van der Waals surface area contributed by atoms with Crippen molar-refractivity contribution in [1.82, 2.24) is 0 Å². The van der Waals surface area contributed by atoms with E-state index < -0.39 is 0 Å². The van der Waals surface area contributed by atoms with Gasteiger partial charge in [0.25, 0.3) is 0 Å². The molecule has 0 N–H and O–H groups in total. The molecule has 0 aromatic rings. The Balaban J connectivity index is 0. The molecule has 0 spiro atoms. The van der Waals surface area contributed by atoms with E-state index in [2.05, 4.69) is 24.0 Å². The molecule has 0 aromatic carbocycles. The van der Waals surface area contributed by atoms with Crippen LogP contribution >= 0.6 is 0 Å². The molecule has 3 heteroatoms. The summed E-state index contributed by atoms with van der Waals surface area (Å²) in [6, 6.07) is 0. The zero-order chi connectivity index (χ0) is 21.8. The molecule has 3 nitrogen and oxygen atoms in total. The minimum atomic E-state index is -0.320. The van der Waals surface area contributed by atoms with Gasteiger partial charge in [-0.3, -0.25) is 4.79 Å². The molecule has 170 valence electrons. The second kappa shape index (κ2) is 28.7. The first kappa shape index (κ1) is 29.7. The van der Waals surface area contributed by atoms with Gasteiger partial charge in [0, 0.05) is 6.92 Å². The normalized spacial score (nSPS) is 9.62. The van der Waals surface area contributed by atoms with Crippen LogP contribution in [0.25, 0.3) is 0 Å². The largest absolute Gasteiger partial charge is 0.502 e. The van der Waals surface area contributed by atoms with Gasteiger partial charge < -0.3 is 9.47 Å². The quantitative estimate of drug-likeness (QED) is 0.0928. The van der Waals surface area contributed by atoms with E-state index >= 15 is 0 Å². The molecule has 0 bridgehead atoms. The number of esters is 1. The third-order valence-corrected chi connectivity index (χ3v) is 4.69. The van der Waals surface area contributed by atoms with Gasteiger partial charge in [0.1, 0.15) is 6.26 Å². The number of allylic oxidation sites excluding steroid dienone is 1. The minimum Gasteiger partial charge on any atom is -0.502 e. The van der Waals surface area contributed by atoms with Crippen molar-refractivity contribution in [1.29, 1.82) is 0 Å². The fourth-order valence-electron chi connectivity index (χ4n) is 3.00. The number of unbranched alkanes of at least 4 members (excludes halogenated alkanes) is 15. The summed E-state index contributed by atoms with van der Waals surface area (Å²) in [5, 5.41) is 0. The topological polar surface area (TPSA) is 35.5 Å². The van der Waals surface area contributed by atoms with Crippen LogP contribution in [0.15, 0.2) is 30.9 Å². The Morgan fingerprint density at radius 1 is 0.793 bits per heavy atom. The molecule has 29 heavy (non-hydrogen) atoms. The van der Waals surface area contributed by atoms with Gasteiger partial charge in [-0.2, -0.15) is 0 Å². The van der Waals surface area contributed by atoms with E-state index in [-0.39, 0.29) is 5.97 Å². The molecule has 0 aromatic heterocycles. The molecule has 0 unspecified atom stereocenters. The monoisotopic (exact) mass is 408 g/mol. The summed E-state index contributed by atoms with van der Waals surface area (Å²) in [4.78, 5) is 10.0. The van der Waals surface area contributed by atoms with Crippen LogP contribution in [-0.2, 0) is 14.3 Å². The van der Waals surface area contributed by atoms with Crippen molar-refractivity contribution < 1.29 is 14.3 Å². The Morgan fingerprint density at radius 2 is 1.21 bits per heavy atom. The van der Waals surface area contributed by atoms with Crippen molar-refractivity contribution in [3.63, 3.8) is 0 Å².